The smallest absolute Gasteiger partial charge is 0.0549 e. The molecule has 1 unspecified atom stereocenters. The molecule has 4 fully saturated rings. The first-order valence-corrected chi connectivity index (χ1v) is 8.96. The Kier molecular flexibility index (Phi) is 2.17. The maximum absolute atomic E-state index is 10.1. The third-order valence-corrected chi connectivity index (χ3v) is 8.48. The minimum atomic E-state index is -0.0211. The van der Waals surface area contributed by atoms with E-state index in [1.807, 2.05) is 0 Å². The molecule has 1 nitrogen and oxygen atoms in total. The molecular formula is C19H28O. The van der Waals surface area contributed by atoms with Crippen molar-refractivity contribution in [2.45, 2.75) is 70.8 Å². The van der Waals surface area contributed by atoms with Crippen molar-refractivity contribution in [3.63, 3.8) is 0 Å². The fourth-order valence-corrected chi connectivity index (χ4v) is 7.45. The molecule has 0 amide bonds. The van der Waals surface area contributed by atoms with Gasteiger partial charge in [0.15, 0.2) is 0 Å². The summed E-state index contributed by atoms with van der Waals surface area (Å²) < 4.78 is 0. The highest BCUT2D eigenvalue weighted by Crippen LogP contribution is 2.80. The van der Waals surface area contributed by atoms with E-state index < -0.39 is 0 Å². The van der Waals surface area contributed by atoms with Crippen LogP contribution in [0.15, 0.2) is 12.2 Å². The van der Waals surface area contributed by atoms with Crippen molar-refractivity contribution >= 4 is 0 Å². The standard InChI is InChI=1S/C19H28O/c1-17-7-2-3-15(17)14-5-9-18-11-13(20)4-10-19(18,12-18)16(14)6-8-17/h5,9,13-16,20H,2-4,6-8,10-12H2,1H3/t13?,14-,15-,16-,17-,18+,19-/m0/s1. The van der Waals surface area contributed by atoms with E-state index in [4.69, 9.17) is 0 Å². The van der Waals surface area contributed by atoms with Gasteiger partial charge in [0.05, 0.1) is 6.10 Å². The van der Waals surface area contributed by atoms with E-state index in [1.54, 1.807) is 0 Å². The fourth-order valence-electron chi connectivity index (χ4n) is 7.45. The van der Waals surface area contributed by atoms with Gasteiger partial charge in [0.2, 0.25) is 0 Å². The number of hydrogen-bond donors (Lipinski definition) is 1. The summed E-state index contributed by atoms with van der Waals surface area (Å²) in [7, 11) is 0. The molecule has 0 aromatic heterocycles. The van der Waals surface area contributed by atoms with Crippen molar-refractivity contribution in [1.29, 1.82) is 0 Å². The molecule has 5 rings (SSSR count). The zero-order valence-electron chi connectivity index (χ0n) is 12.8. The van der Waals surface area contributed by atoms with E-state index >= 15 is 0 Å². The summed E-state index contributed by atoms with van der Waals surface area (Å²) in [6.07, 6.45) is 17.4. The van der Waals surface area contributed by atoms with Crippen molar-refractivity contribution in [3.8, 4) is 0 Å². The van der Waals surface area contributed by atoms with Gasteiger partial charge >= 0.3 is 0 Å². The molecule has 0 aromatic carbocycles. The molecule has 0 spiro atoms. The van der Waals surface area contributed by atoms with Crippen LogP contribution in [0.4, 0.5) is 0 Å². The summed E-state index contributed by atoms with van der Waals surface area (Å²) in [5, 5.41) is 10.1. The first-order valence-electron chi connectivity index (χ1n) is 8.96. The van der Waals surface area contributed by atoms with Gasteiger partial charge in [-0.05, 0) is 85.4 Å². The third-order valence-electron chi connectivity index (χ3n) is 8.48. The Morgan fingerprint density at radius 2 is 1.95 bits per heavy atom. The molecule has 0 saturated heterocycles. The van der Waals surface area contributed by atoms with Crippen LogP contribution < -0.4 is 0 Å². The largest absolute Gasteiger partial charge is 0.393 e. The van der Waals surface area contributed by atoms with Crippen LogP contribution in [0.5, 0.6) is 0 Å². The van der Waals surface area contributed by atoms with Crippen molar-refractivity contribution in [1.82, 2.24) is 0 Å². The second-order valence-electron chi connectivity index (χ2n) is 9.12. The van der Waals surface area contributed by atoms with Crippen molar-refractivity contribution < 1.29 is 5.11 Å². The third kappa shape index (κ3) is 1.26. The van der Waals surface area contributed by atoms with Crippen LogP contribution in [0.3, 0.4) is 0 Å². The molecule has 20 heavy (non-hydrogen) atoms. The van der Waals surface area contributed by atoms with Gasteiger partial charge in [-0.1, -0.05) is 25.5 Å². The topological polar surface area (TPSA) is 20.2 Å². The second-order valence-corrected chi connectivity index (χ2v) is 9.12. The molecule has 0 radical (unpaired) electrons. The van der Waals surface area contributed by atoms with E-state index in [9.17, 15) is 5.11 Å². The van der Waals surface area contributed by atoms with Crippen molar-refractivity contribution in [2.75, 3.05) is 0 Å². The fraction of sp³-hybridized carbons (Fsp3) is 0.895. The van der Waals surface area contributed by atoms with Crippen LogP contribution in [0, 0.1) is 34.0 Å². The number of aliphatic hydroxyl groups excluding tert-OH is 1. The quantitative estimate of drug-likeness (QED) is 0.651. The summed E-state index contributed by atoms with van der Waals surface area (Å²) in [6, 6.07) is 0. The molecule has 4 saturated carbocycles. The normalized spacial score (nSPS) is 63.1. The van der Waals surface area contributed by atoms with Gasteiger partial charge in [-0.15, -0.1) is 0 Å². The molecule has 1 heteroatoms. The SMILES string of the molecule is C[C@@]12CCC[C@H]1[C@@H]1C=C[C@]34CC(O)CC[C@]3(C4)[C@H]1CC2. The van der Waals surface area contributed by atoms with Crippen molar-refractivity contribution in [2.24, 2.45) is 34.0 Å². The lowest BCUT2D eigenvalue weighted by atomic mass is 9.52. The molecule has 0 aromatic rings. The molecular weight excluding hydrogens is 244 g/mol. The molecule has 5 aliphatic rings. The van der Waals surface area contributed by atoms with Crippen LogP contribution in [0.25, 0.3) is 0 Å². The van der Waals surface area contributed by atoms with E-state index in [1.165, 1.54) is 44.9 Å². The Morgan fingerprint density at radius 3 is 2.85 bits per heavy atom. The lowest BCUT2D eigenvalue weighted by Gasteiger charge is -2.52. The van der Waals surface area contributed by atoms with E-state index in [0.717, 1.165) is 30.6 Å². The van der Waals surface area contributed by atoms with Gasteiger partial charge in [0, 0.05) is 0 Å². The monoisotopic (exact) mass is 272 g/mol. The predicted octanol–water partition coefficient (Wildman–Crippen LogP) is 4.31. The Morgan fingerprint density at radius 1 is 1.05 bits per heavy atom. The summed E-state index contributed by atoms with van der Waals surface area (Å²) in [6.45, 7) is 2.58. The van der Waals surface area contributed by atoms with Gasteiger partial charge in [-0.25, -0.2) is 0 Å². The summed E-state index contributed by atoms with van der Waals surface area (Å²) in [4.78, 5) is 0. The average molecular weight is 272 g/mol. The number of allylic oxidation sites excluding steroid dienone is 2. The van der Waals surface area contributed by atoms with Crippen LogP contribution >= 0.6 is 0 Å². The minimum Gasteiger partial charge on any atom is -0.393 e. The lowest BCUT2D eigenvalue weighted by Crippen LogP contribution is -2.45. The maximum Gasteiger partial charge on any atom is 0.0549 e. The first kappa shape index (κ1) is 12.3. The van der Waals surface area contributed by atoms with E-state index in [0.29, 0.717) is 16.2 Å². The summed E-state index contributed by atoms with van der Waals surface area (Å²) in [5.74, 6) is 2.80. The van der Waals surface area contributed by atoms with Gasteiger partial charge in [0.1, 0.15) is 0 Å². The maximum atomic E-state index is 10.1. The van der Waals surface area contributed by atoms with Crippen LogP contribution in [0.2, 0.25) is 0 Å². The molecule has 0 bridgehead atoms. The summed E-state index contributed by atoms with van der Waals surface area (Å²) in [5.41, 5.74) is 1.71. The van der Waals surface area contributed by atoms with Crippen LogP contribution in [0.1, 0.15) is 64.7 Å². The lowest BCUT2D eigenvalue weighted by molar-refractivity contribution is -0.0177. The van der Waals surface area contributed by atoms with Crippen LogP contribution in [-0.4, -0.2) is 11.2 Å². The highest BCUT2D eigenvalue weighted by atomic mass is 16.3. The molecule has 0 aliphatic heterocycles. The summed E-state index contributed by atoms with van der Waals surface area (Å²) >= 11 is 0. The second kappa shape index (κ2) is 3.54. The predicted molar refractivity (Wildman–Crippen MR) is 80.1 cm³/mol. The minimum absolute atomic E-state index is 0.0211. The zero-order valence-corrected chi connectivity index (χ0v) is 12.8. The molecule has 0 heterocycles. The number of aliphatic hydroxyl groups is 1. The number of hydrogen-bond acceptors (Lipinski definition) is 1. The Bertz CT molecular complexity index is 482. The molecule has 110 valence electrons. The van der Waals surface area contributed by atoms with E-state index in [2.05, 4.69) is 19.1 Å². The average Bonchev–Trinajstić information content (AvgIpc) is 2.95. The zero-order chi connectivity index (χ0) is 13.6. The molecule has 1 N–H and O–H groups in total. The first-order chi connectivity index (χ1) is 9.59. The number of rotatable bonds is 0. The van der Waals surface area contributed by atoms with Gasteiger partial charge in [-0.2, -0.15) is 0 Å². The highest BCUT2D eigenvalue weighted by Gasteiger charge is 2.73. The van der Waals surface area contributed by atoms with Gasteiger partial charge in [0.25, 0.3) is 0 Å². The molecule has 5 aliphatic carbocycles. The van der Waals surface area contributed by atoms with Gasteiger partial charge < -0.3 is 5.11 Å². The van der Waals surface area contributed by atoms with Crippen molar-refractivity contribution in [3.05, 3.63) is 12.2 Å². The molecule has 7 atom stereocenters. The van der Waals surface area contributed by atoms with E-state index in [-0.39, 0.29) is 6.10 Å². The Labute approximate surface area is 122 Å². The Balaban J connectivity index is 1.54. The van der Waals surface area contributed by atoms with Crippen LogP contribution in [-0.2, 0) is 0 Å². The Hall–Kier alpha value is -0.300. The highest BCUT2D eigenvalue weighted by molar-refractivity contribution is 5.33. The van der Waals surface area contributed by atoms with Gasteiger partial charge in [-0.3, -0.25) is 0 Å². The number of fused-ring (bicyclic) bond motifs is 3.